The van der Waals surface area contributed by atoms with Crippen molar-refractivity contribution >= 4 is 28.3 Å². The summed E-state index contributed by atoms with van der Waals surface area (Å²) in [5, 5.41) is 5.31. The van der Waals surface area contributed by atoms with Gasteiger partial charge in [0, 0.05) is 49.6 Å². The van der Waals surface area contributed by atoms with Crippen molar-refractivity contribution in [2.24, 2.45) is 5.92 Å². The number of nitrogens with zero attached hydrogens (tertiary/aromatic N) is 3. The van der Waals surface area contributed by atoms with Gasteiger partial charge in [0.1, 0.15) is 11.5 Å². The number of ether oxygens (including phenoxy) is 2. The van der Waals surface area contributed by atoms with E-state index in [2.05, 4.69) is 15.2 Å². The van der Waals surface area contributed by atoms with E-state index in [0.717, 1.165) is 11.3 Å². The molecule has 0 bridgehead atoms. The smallest absolute Gasteiger partial charge is 0.240 e. The van der Waals surface area contributed by atoms with Crippen LogP contribution in [0.25, 0.3) is 11.3 Å². The lowest BCUT2D eigenvalue weighted by Crippen LogP contribution is -2.50. The Bertz CT molecular complexity index is 907. The summed E-state index contributed by atoms with van der Waals surface area (Å²) in [6.07, 6.45) is 0.575. The highest BCUT2D eigenvalue weighted by atomic mass is 32.1. The minimum Gasteiger partial charge on any atom is -0.497 e. The minimum atomic E-state index is -0.107. The number of carbonyl (C=O) groups excluding carboxylic acids is 2. The second kappa shape index (κ2) is 10.6. The fraction of sp³-hybridized carbons (Fsp3) is 0.500. The molecule has 0 aliphatic carbocycles. The quantitative estimate of drug-likeness (QED) is 0.671. The first kappa shape index (κ1) is 23.0. The number of hydrogen-bond acceptors (Lipinski definition) is 7. The van der Waals surface area contributed by atoms with Gasteiger partial charge in [0.25, 0.3) is 0 Å². The van der Waals surface area contributed by atoms with Crippen LogP contribution in [0.2, 0.25) is 0 Å². The number of hydrogen-bond donors (Lipinski definition) is 1. The largest absolute Gasteiger partial charge is 0.497 e. The van der Waals surface area contributed by atoms with E-state index in [1.54, 1.807) is 20.3 Å². The van der Waals surface area contributed by atoms with Crippen LogP contribution in [0.3, 0.4) is 0 Å². The average Bonchev–Trinajstić information content (AvgIpc) is 3.21. The van der Waals surface area contributed by atoms with Crippen molar-refractivity contribution in [2.75, 3.05) is 52.3 Å². The summed E-state index contributed by atoms with van der Waals surface area (Å²) in [4.78, 5) is 33.2. The van der Waals surface area contributed by atoms with Gasteiger partial charge in [0.2, 0.25) is 11.8 Å². The third kappa shape index (κ3) is 6.18. The zero-order valence-electron chi connectivity index (χ0n) is 18.5. The molecule has 0 spiro atoms. The van der Waals surface area contributed by atoms with Crippen LogP contribution in [0.1, 0.15) is 20.3 Å². The Morgan fingerprint density at radius 3 is 2.55 bits per heavy atom. The van der Waals surface area contributed by atoms with E-state index < -0.39 is 0 Å². The van der Waals surface area contributed by atoms with Crippen LogP contribution in [0.15, 0.2) is 23.6 Å². The van der Waals surface area contributed by atoms with Gasteiger partial charge in [-0.15, -0.1) is 11.3 Å². The lowest BCUT2D eigenvalue weighted by Gasteiger charge is -2.34. The van der Waals surface area contributed by atoms with Gasteiger partial charge in [-0.2, -0.15) is 0 Å². The van der Waals surface area contributed by atoms with Gasteiger partial charge in [-0.1, -0.05) is 13.8 Å². The second-order valence-corrected chi connectivity index (χ2v) is 8.77. The number of thiazole rings is 1. The second-order valence-electron chi connectivity index (χ2n) is 7.91. The molecule has 168 valence electrons. The number of nitrogens with one attached hydrogen (secondary N) is 1. The molecule has 2 aromatic rings. The SMILES string of the molecule is COc1ccc(-c2csc(NC(=O)CN3CCN(C(=O)CC(C)C)CC3)n2)c(OC)c1. The van der Waals surface area contributed by atoms with Gasteiger partial charge >= 0.3 is 0 Å². The van der Waals surface area contributed by atoms with Gasteiger partial charge in [-0.3, -0.25) is 14.5 Å². The number of rotatable bonds is 8. The number of methoxy groups -OCH3 is 2. The molecule has 9 heteroatoms. The third-order valence-electron chi connectivity index (χ3n) is 5.11. The van der Waals surface area contributed by atoms with E-state index >= 15 is 0 Å². The van der Waals surface area contributed by atoms with E-state index in [-0.39, 0.29) is 18.4 Å². The van der Waals surface area contributed by atoms with E-state index in [1.165, 1.54) is 11.3 Å². The van der Waals surface area contributed by atoms with E-state index in [9.17, 15) is 9.59 Å². The van der Waals surface area contributed by atoms with Gasteiger partial charge < -0.3 is 19.7 Å². The normalized spacial score (nSPS) is 14.5. The predicted molar refractivity (Wildman–Crippen MR) is 122 cm³/mol. The molecule has 0 unspecified atom stereocenters. The molecule has 3 rings (SSSR count). The van der Waals surface area contributed by atoms with Crippen LogP contribution < -0.4 is 14.8 Å². The van der Waals surface area contributed by atoms with E-state index in [4.69, 9.17) is 9.47 Å². The number of amides is 2. The highest BCUT2D eigenvalue weighted by Crippen LogP contribution is 2.34. The summed E-state index contributed by atoms with van der Waals surface area (Å²) >= 11 is 1.37. The zero-order chi connectivity index (χ0) is 22.4. The fourth-order valence-electron chi connectivity index (χ4n) is 3.46. The first-order chi connectivity index (χ1) is 14.9. The topological polar surface area (TPSA) is 84.0 Å². The van der Waals surface area contributed by atoms with Crippen molar-refractivity contribution < 1.29 is 19.1 Å². The lowest BCUT2D eigenvalue weighted by molar-refractivity contribution is -0.133. The highest BCUT2D eigenvalue weighted by molar-refractivity contribution is 7.14. The van der Waals surface area contributed by atoms with Gasteiger partial charge in [-0.25, -0.2) is 4.98 Å². The van der Waals surface area contributed by atoms with Crippen molar-refractivity contribution in [3.8, 4) is 22.8 Å². The average molecular weight is 447 g/mol. The maximum atomic E-state index is 12.5. The van der Waals surface area contributed by atoms with Crippen molar-refractivity contribution in [1.29, 1.82) is 0 Å². The summed E-state index contributed by atoms with van der Waals surface area (Å²) in [7, 11) is 3.21. The van der Waals surface area contributed by atoms with E-state index in [0.29, 0.717) is 55.1 Å². The summed E-state index contributed by atoms with van der Waals surface area (Å²) < 4.78 is 10.7. The molecule has 0 atom stereocenters. The maximum absolute atomic E-state index is 12.5. The highest BCUT2D eigenvalue weighted by Gasteiger charge is 2.23. The van der Waals surface area contributed by atoms with Crippen molar-refractivity contribution in [1.82, 2.24) is 14.8 Å². The molecule has 0 radical (unpaired) electrons. The van der Waals surface area contributed by atoms with Crippen molar-refractivity contribution in [3.05, 3.63) is 23.6 Å². The number of anilines is 1. The Balaban J connectivity index is 1.53. The van der Waals surface area contributed by atoms with Crippen molar-refractivity contribution in [3.63, 3.8) is 0 Å². The maximum Gasteiger partial charge on any atom is 0.240 e. The molecule has 1 fully saturated rings. The summed E-state index contributed by atoms with van der Waals surface area (Å²) in [5.74, 6) is 1.81. The summed E-state index contributed by atoms with van der Waals surface area (Å²) in [5.41, 5.74) is 1.57. The van der Waals surface area contributed by atoms with Gasteiger partial charge in [-0.05, 0) is 18.1 Å². The molecular weight excluding hydrogens is 416 g/mol. The molecule has 1 aromatic carbocycles. The van der Waals surface area contributed by atoms with Gasteiger partial charge in [0.05, 0.1) is 26.5 Å². The van der Waals surface area contributed by atoms with Crippen LogP contribution >= 0.6 is 11.3 Å². The number of carbonyl (C=O) groups is 2. The first-order valence-electron chi connectivity index (χ1n) is 10.4. The molecule has 8 nitrogen and oxygen atoms in total. The van der Waals surface area contributed by atoms with E-state index in [1.807, 2.05) is 36.3 Å². The van der Waals surface area contributed by atoms with Gasteiger partial charge in [0.15, 0.2) is 5.13 Å². The monoisotopic (exact) mass is 446 g/mol. The Morgan fingerprint density at radius 1 is 1.16 bits per heavy atom. The summed E-state index contributed by atoms with van der Waals surface area (Å²) in [6.45, 7) is 7.11. The number of aromatic nitrogens is 1. The van der Waals surface area contributed by atoms with Crippen LogP contribution in [0.5, 0.6) is 11.5 Å². The zero-order valence-corrected chi connectivity index (χ0v) is 19.3. The lowest BCUT2D eigenvalue weighted by atomic mass is 10.1. The molecule has 1 aliphatic heterocycles. The third-order valence-corrected chi connectivity index (χ3v) is 5.87. The molecular formula is C22H30N4O4S. The Kier molecular flexibility index (Phi) is 7.86. The number of piperazine rings is 1. The summed E-state index contributed by atoms with van der Waals surface area (Å²) in [6, 6.07) is 5.54. The molecule has 2 heterocycles. The van der Waals surface area contributed by atoms with Crippen molar-refractivity contribution in [2.45, 2.75) is 20.3 Å². The molecule has 31 heavy (non-hydrogen) atoms. The minimum absolute atomic E-state index is 0.107. The Morgan fingerprint density at radius 2 is 1.90 bits per heavy atom. The Labute approximate surface area is 187 Å². The Hall–Kier alpha value is -2.65. The fourth-order valence-corrected chi connectivity index (χ4v) is 4.19. The molecule has 1 N–H and O–H groups in total. The van der Waals surface area contributed by atoms with Crippen LogP contribution in [0, 0.1) is 5.92 Å². The first-order valence-corrected chi connectivity index (χ1v) is 11.3. The standard InChI is InChI=1S/C22H30N4O4S/c1-15(2)11-21(28)26-9-7-25(8-10-26)13-20(27)24-22-23-18(14-31-22)17-6-5-16(29-3)12-19(17)30-4/h5-6,12,14-15H,7-11,13H2,1-4H3,(H,23,24,27). The van der Waals surface area contributed by atoms with Crippen LogP contribution in [0.4, 0.5) is 5.13 Å². The van der Waals surface area contributed by atoms with Crippen LogP contribution in [-0.4, -0.2) is 73.5 Å². The molecule has 0 saturated carbocycles. The predicted octanol–water partition coefficient (Wildman–Crippen LogP) is 2.96. The van der Waals surface area contributed by atoms with Crippen LogP contribution in [-0.2, 0) is 9.59 Å². The molecule has 1 aromatic heterocycles. The number of benzene rings is 1. The molecule has 2 amide bonds. The molecule has 1 aliphatic rings. The molecule has 1 saturated heterocycles.